The zero-order valence-corrected chi connectivity index (χ0v) is 14.2. The standard InChI is InChI=1S/C20H21FN2O2/c1-15-20(25)23(18-10-8-17(21)9-11-18)14-13-22(15)19(24)12-7-16-5-3-2-4-6-16/h2-6,8-11,15H,7,12-14H2,1H3. The van der Waals surface area contributed by atoms with Gasteiger partial charge in [-0.15, -0.1) is 0 Å². The van der Waals surface area contributed by atoms with E-state index in [2.05, 4.69) is 0 Å². The summed E-state index contributed by atoms with van der Waals surface area (Å²) in [5.41, 5.74) is 1.77. The summed E-state index contributed by atoms with van der Waals surface area (Å²) in [5.74, 6) is -0.478. The molecule has 1 aliphatic heterocycles. The summed E-state index contributed by atoms with van der Waals surface area (Å²) in [5, 5.41) is 0. The van der Waals surface area contributed by atoms with Crippen LogP contribution in [0.5, 0.6) is 0 Å². The maximum Gasteiger partial charge on any atom is 0.249 e. The van der Waals surface area contributed by atoms with Crippen molar-refractivity contribution in [2.45, 2.75) is 25.8 Å². The van der Waals surface area contributed by atoms with Crippen LogP contribution < -0.4 is 4.90 Å². The van der Waals surface area contributed by atoms with Crippen LogP contribution in [-0.2, 0) is 16.0 Å². The van der Waals surface area contributed by atoms with Gasteiger partial charge in [0.1, 0.15) is 11.9 Å². The molecule has 2 aromatic rings. The monoisotopic (exact) mass is 340 g/mol. The van der Waals surface area contributed by atoms with E-state index >= 15 is 0 Å². The molecule has 0 spiro atoms. The second kappa shape index (κ2) is 7.47. The first-order chi connectivity index (χ1) is 12.1. The van der Waals surface area contributed by atoms with Crippen LogP contribution in [0.4, 0.5) is 10.1 Å². The largest absolute Gasteiger partial charge is 0.329 e. The number of amides is 2. The van der Waals surface area contributed by atoms with Crippen molar-refractivity contribution in [1.29, 1.82) is 0 Å². The van der Waals surface area contributed by atoms with Gasteiger partial charge in [0, 0.05) is 25.2 Å². The van der Waals surface area contributed by atoms with E-state index in [-0.39, 0.29) is 17.6 Å². The summed E-state index contributed by atoms with van der Waals surface area (Å²) >= 11 is 0. The van der Waals surface area contributed by atoms with Crippen LogP contribution >= 0.6 is 0 Å². The quantitative estimate of drug-likeness (QED) is 0.858. The number of anilines is 1. The molecule has 2 amide bonds. The average molecular weight is 340 g/mol. The fourth-order valence-corrected chi connectivity index (χ4v) is 3.13. The molecule has 25 heavy (non-hydrogen) atoms. The molecular weight excluding hydrogens is 319 g/mol. The highest BCUT2D eigenvalue weighted by Crippen LogP contribution is 2.21. The highest BCUT2D eigenvalue weighted by atomic mass is 19.1. The van der Waals surface area contributed by atoms with Gasteiger partial charge in [-0.25, -0.2) is 4.39 Å². The Morgan fingerprint density at radius 2 is 1.76 bits per heavy atom. The molecule has 0 saturated carbocycles. The Balaban J connectivity index is 1.62. The minimum Gasteiger partial charge on any atom is -0.329 e. The Morgan fingerprint density at radius 1 is 1.08 bits per heavy atom. The van der Waals surface area contributed by atoms with Crippen molar-refractivity contribution >= 4 is 17.5 Å². The van der Waals surface area contributed by atoms with Crippen LogP contribution in [-0.4, -0.2) is 35.8 Å². The second-order valence-electron chi connectivity index (χ2n) is 6.21. The number of piperazine rings is 1. The molecule has 3 rings (SSSR count). The third-order valence-electron chi connectivity index (χ3n) is 4.58. The van der Waals surface area contributed by atoms with Crippen LogP contribution in [0, 0.1) is 5.82 Å². The number of carbonyl (C=O) groups is 2. The minimum absolute atomic E-state index is 0.0107. The Hall–Kier alpha value is -2.69. The summed E-state index contributed by atoms with van der Waals surface area (Å²) in [4.78, 5) is 28.4. The van der Waals surface area contributed by atoms with E-state index in [0.717, 1.165) is 5.56 Å². The van der Waals surface area contributed by atoms with E-state index in [4.69, 9.17) is 0 Å². The number of hydrogen-bond acceptors (Lipinski definition) is 2. The normalized spacial score (nSPS) is 17.7. The van der Waals surface area contributed by atoms with Crippen LogP contribution in [0.2, 0.25) is 0 Å². The van der Waals surface area contributed by atoms with Gasteiger partial charge in [-0.1, -0.05) is 30.3 Å². The van der Waals surface area contributed by atoms with E-state index in [1.165, 1.54) is 12.1 Å². The molecule has 4 nitrogen and oxygen atoms in total. The Bertz CT molecular complexity index is 746. The Kier molecular flexibility index (Phi) is 5.12. The van der Waals surface area contributed by atoms with Crippen molar-refractivity contribution in [1.82, 2.24) is 4.90 Å². The lowest BCUT2D eigenvalue weighted by Crippen LogP contribution is -2.57. The predicted molar refractivity (Wildman–Crippen MR) is 94.7 cm³/mol. The first-order valence-electron chi connectivity index (χ1n) is 8.46. The van der Waals surface area contributed by atoms with Gasteiger partial charge in [0.15, 0.2) is 0 Å². The fourth-order valence-electron chi connectivity index (χ4n) is 3.13. The van der Waals surface area contributed by atoms with Crippen LogP contribution in [0.1, 0.15) is 18.9 Å². The lowest BCUT2D eigenvalue weighted by atomic mass is 10.1. The third-order valence-corrected chi connectivity index (χ3v) is 4.58. The highest BCUT2D eigenvalue weighted by Gasteiger charge is 2.34. The van der Waals surface area contributed by atoms with Gasteiger partial charge in [-0.2, -0.15) is 0 Å². The molecule has 0 radical (unpaired) electrons. The molecule has 2 aromatic carbocycles. The van der Waals surface area contributed by atoms with E-state index in [1.54, 1.807) is 28.9 Å². The smallest absolute Gasteiger partial charge is 0.249 e. The number of aryl methyl sites for hydroxylation is 1. The molecular formula is C20H21FN2O2. The zero-order valence-electron chi connectivity index (χ0n) is 14.2. The number of rotatable bonds is 4. The molecule has 130 valence electrons. The number of halogens is 1. The SMILES string of the molecule is CC1C(=O)N(c2ccc(F)cc2)CCN1C(=O)CCc1ccccc1. The molecule has 0 aliphatic carbocycles. The topological polar surface area (TPSA) is 40.6 Å². The molecule has 1 aliphatic rings. The van der Waals surface area contributed by atoms with Crippen molar-refractivity contribution in [3.63, 3.8) is 0 Å². The summed E-state index contributed by atoms with van der Waals surface area (Å²) < 4.78 is 13.1. The van der Waals surface area contributed by atoms with Gasteiger partial charge in [-0.3, -0.25) is 9.59 Å². The zero-order chi connectivity index (χ0) is 17.8. The van der Waals surface area contributed by atoms with Gasteiger partial charge in [-0.05, 0) is 43.2 Å². The van der Waals surface area contributed by atoms with Crippen LogP contribution in [0.3, 0.4) is 0 Å². The van der Waals surface area contributed by atoms with Crippen molar-refractivity contribution in [3.05, 3.63) is 66.0 Å². The lowest BCUT2D eigenvalue weighted by molar-refractivity contribution is -0.140. The highest BCUT2D eigenvalue weighted by molar-refractivity contribution is 6.00. The van der Waals surface area contributed by atoms with E-state index < -0.39 is 6.04 Å². The summed E-state index contributed by atoms with van der Waals surface area (Å²) in [6, 6.07) is 15.2. The molecule has 0 bridgehead atoms. The fraction of sp³-hybridized carbons (Fsp3) is 0.300. The van der Waals surface area contributed by atoms with Crippen molar-refractivity contribution in [2.75, 3.05) is 18.0 Å². The first-order valence-corrected chi connectivity index (χ1v) is 8.46. The Morgan fingerprint density at radius 3 is 2.44 bits per heavy atom. The van der Waals surface area contributed by atoms with E-state index in [9.17, 15) is 14.0 Å². The molecule has 1 heterocycles. The van der Waals surface area contributed by atoms with Crippen LogP contribution in [0.25, 0.3) is 0 Å². The number of benzene rings is 2. The summed E-state index contributed by atoms with van der Waals surface area (Å²) in [7, 11) is 0. The number of hydrogen-bond donors (Lipinski definition) is 0. The van der Waals surface area contributed by atoms with Crippen molar-refractivity contribution < 1.29 is 14.0 Å². The van der Waals surface area contributed by atoms with Gasteiger partial charge in [0.05, 0.1) is 0 Å². The third kappa shape index (κ3) is 3.87. The minimum atomic E-state index is -0.512. The van der Waals surface area contributed by atoms with E-state index in [0.29, 0.717) is 31.6 Å². The number of nitrogens with zero attached hydrogens (tertiary/aromatic N) is 2. The summed E-state index contributed by atoms with van der Waals surface area (Å²) in [6.45, 7) is 2.65. The van der Waals surface area contributed by atoms with Gasteiger partial charge in [0.2, 0.25) is 11.8 Å². The van der Waals surface area contributed by atoms with Gasteiger partial charge in [0.25, 0.3) is 0 Å². The van der Waals surface area contributed by atoms with E-state index in [1.807, 2.05) is 30.3 Å². The van der Waals surface area contributed by atoms with Crippen molar-refractivity contribution in [3.8, 4) is 0 Å². The maximum absolute atomic E-state index is 13.1. The number of carbonyl (C=O) groups excluding carboxylic acids is 2. The molecule has 1 unspecified atom stereocenters. The molecule has 1 fully saturated rings. The van der Waals surface area contributed by atoms with Crippen molar-refractivity contribution in [2.24, 2.45) is 0 Å². The molecule has 0 aromatic heterocycles. The Labute approximate surface area is 146 Å². The molecule has 1 atom stereocenters. The maximum atomic E-state index is 13.1. The lowest BCUT2D eigenvalue weighted by Gasteiger charge is -2.39. The van der Waals surface area contributed by atoms with Gasteiger partial charge >= 0.3 is 0 Å². The molecule has 5 heteroatoms. The van der Waals surface area contributed by atoms with Crippen LogP contribution in [0.15, 0.2) is 54.6 Å². The average Bonchev–Trinajstić information content (AvgIpc) is 2.64. The first kappa shape index (κ1) is 17.1. The molecule has 0 N–H and O–H groups in total. The summed E-state index contributed by atoms with van der Waals surface area (Å²) in [6.07, 6.45) is 1.05. The predicted octanol–water partition coefficient (Wildman–Crippen LogP) is 3.02. The molecule has 1 saturated heterocycles. The second-order valence-corrected chi connectivity index (χ2v) is 6.21. The van der Waals surface area contributed by atoms with Gasteiger partial charge < -0.3 is 9.80 Å².